The summed E-state index contributed by atoms with van der Waals surface area (Å²) in [5.41, 5.74) is 0.489. The number of nitrogens with one attached hydrogen (secondary N) is 2. The lowest BCUT2D eigenvalue weighted by molar-refractivity contribution is -0.121. The van der Waals surface area contributed by atoms with E-state index in [1.807, 2.05) is 13.8 Å². The zero-order chi connectivity index (χ0) is 14.3. The molecule has 4 nitrogen and oxygen atoms in total. The molecule has 0 atom stereocenters. The van der Waals surface area contributed by atoms with Crippen LogP contribution >= 0.6 is 0 Å². The van der Waals surface area contributed by atoms with Gasteiger partial charge in [0.15, 0.2) is 11.6 Å². The van der Waals surface area contributed by atoms with E-state index in [0.29, 0.717) is 37.5 Å². The van der Waals surface area contributed by atoms with Gasteiger partial charge in [0.2, 0.25) is 5.91 Å². The standard InChI is InChI=1S/C14H21FN2O2/c1-10(2)8-17-13(18)6-7-16-9-11-4-3-5-12(15)14(11)19/h3-5,10,16,19H,6-9H2,1-2H3,(H,17,18). The van der Waals surface area contributed by atoms with E-state index >= 15 is 0 Å². The van der Waals surface area contributed by atoms with Crippen LogP contribution < -0.4 is 10.6 Å². The molecule has 1 amide bonds. The van der Waals surface area contributed by atoms with Crippen molar-refractivity contribution in [3.8, 4) is 5.75 Å². The van der Waals surface area contributed by atoms with E-state index in [-0.39, 0.29) is 11.7 Å². The summed E-state index contributed by atoms with van der Waals surface area (Å²) >= 11 is 0. The molecule has 0 heterocycles. The van der Waals surface area contributed by atoms with E-state index in [2.05, 4.69) is 10.6 Å². The number of halogens is 1. The van der Waals surface area contributed by atoms with Gasteiger partial charge < -0.3 is 15.7 Å². The van der Waals surface area contributed by atoms with Gasteiger partial charge in [0.1, 0.15) is 0 Å². The maximum Gasteiger partial charge on any atom is 0.221 e. The molecule has 0 spiro atoms. The molecule has 1 aromatic rings. The van der Waals surface area contributed by atoms with Gasteiger partial charge in [-0.1, -0.05) is 26.0 Å². The summed E-state index contributed by atoms with van der Waals surface area (Å²) in [5.74, 6) is -0.543. The quantitative estimate of drug-likeness (QED) is 0.661. The topological polar surface area (TPSA) is 61.4 Å². The minimum atomic E-state index is -0.631. The van der Waals surface area contributed by atoms with Crippen LogP contribution in [0.1, 0.15) is 25.8 Å². The van der Waals surface area contributed by atoms with Crippen molar-refractivity contribution in [3.63, 3.8) is 0 Å². The minimum absolute atomic E-state index is 0.00957. The fourth-order valence-corrected chi connectivity index (χ4v) is 1.53. The lowest BCUT2D eigenvalue weighted by Gasteiger charge is -2.09. The Balaban J connectivity index is 2.24. The SMILES string of the molecule is CC(C)CNC(=O)CCNCc1cccc(F)c1O. The van der Waals surface area contributed by atoms with Gasteiger partial charge in [-0.3, -0.25) is 4.79 Å². The second-order valence-electron chi connectivity index (χ2n) is 4.87. The summed E-state index contributed by atoms with van der Waals surface area (Å²) in [5, 5.41) is 15.3. The average Bonchev–Trinajstić information content (AvgIpc) is 2.37. The number of benzene rings is 1. The zero-order valence-electron chi connectivity index (χ0n) is 11.4. The van der Waals surface area contributed by atoms with Gasteiger partial charge in [-0.2, -0.15) is 0 Å². The highest BCUT2D eigenvalue weighted by Gasteiger charge is 2.06. The summed E-state index contributed by atoms with van der Waals surface area (Å²) in [6.07, 6.45) is 0.364. The molecule has 0 fully saturated rings. The smallest absolute Gasteiger partial charge is 0.221 e. The van der Waals surface area contributed by atoms with Gasteiger partial charge >= 0.3 is 0 Å². The third kappa shape index (κ3) is 5.70. The number of carbonyl (C=O) groups excluding carboxylic acids is 1. The Bertz CT molecular complexity index is 422. The van der Waals surface area contributed by atoms with E-state index in [4.69, 9.17) is 0 Å². The van der Waals surface area contributed by atoms with Crippen LogP contribution in [0.15, 0.2) is 18.2 Å². The maximum absolute atomic E-state index is 13.1. The molecule has 19 heavy (non-hydrogen) atoms. The number of carbonyl (C=O) groups is 1. The first kappa shape index (κ1) is 15.4. The van der Waals surface area contributed by atoms with Gasteiger partial charge in [-0.15, -0.1) is 0 Å². The second-order valence-corrected chi connectivity index (χ2v) is 4.87. The van der Waals surface area contributed by atoms with Crippen molar-refractivity contribution in [3.05, 3.63) is 29.6 Å². The monoisotopic (exact) mass is 268 g/mol. The second kappa shape index (κ2) is 7.74. The Hall–Kier alpha value is -1.62. The number of phenolic OH excluding ortho intramolecular Hbond substituents is 1. The Kier molecular flexibility index (Phi) is 6.29. The molecule has 0 aliphatic rings. The Labute approximate surface area is 113 Å². The van der Waals surface area contributed by atoms with Crippen LogP contribution in [0.25, 0.3) is 0 Å². The van der Waals surface area contributed by atoms with Gasteiger partial charge in [0, 0.05) is 31.6 Å². The normalized spacial score (nSPS) is 10.7. The van der Waals surface area contributed by atoms with Crippen LogP contribution in [0.4, 0.5) is 4.39 Å². The summed E-state index contributed by atoms with van der Waals surface area (Å²) in [6, 6.07) is 4.39. The highest BCUT2D eigenvalue weighted by molar-refractivity contribution is 5.76. The van der Waals surface area contributed by atoms with Crippen LogP contribution in [-0.4, -0.2) is 24.1 Å². The third-order valence-electron chi connectivity index (χ3n) is 2.62. The molecule has 5 heteroatoms. The molecule has 0 unspecified atom stereocenters. The first-order valence-corrected chi connectivity index (χ1v) is 6.44. The summed E-state index contributed by atoms with van der Waals surface area (Å²) in [7, 11) is 0. The molecular formula is C14H21FN2O2. The Morgan fingerprint density at radius 2 is 2.16 bits per heavy atom. The molecule has 0 aromatic heterocycles. The molecule has 0 bridgehead atoms. The van der Waals surface area contributed by atoms with Crippen LogP contribution in [0.3, 0.4) is 0 Å². The molecule has 1 aromatic carbocycles. The van der Waals surface area contributed by atoms with Gasteiger partial charge in [0.05, 0.1) is 0 Å². The zero-order valence-corrected chi connectivity index (χ0v) is 11.4. The fourth-order valence-electron chi connectivity index (χ4n) is 1.53. The van der Waals surface area contributed by atoms with Crippen molar-refractivity contribution in [1.82, 2.24) is 10.6 Å². The van der Waals surface area contributed by atoms with E-state index in [9.17, 15) is 14.3 Å². The van der Waals surface area contributed by atoms with Crippen molar-refractivity contribution in [1.29, 1.82) is 0 Å². The molecule has 0 saturated heterocycles. The number of hydrogen-bond donors (Lipinski definition) is 3. The molecule has 1 rings (SSSR count). The average molecular weight is 268 g/mol. The highest BCUT2D eigenvalue weighted by Crippen LogP contribution is 2.20. The predicted octanol–water partition coefficient (Wildman–Crippen LogP) is 1.78. The van der Waals surface area contributed by atoms with Crippen LogP contribution in [0.5, 0.6) is 5.75 Å². The van der Waals surface area contributed by atoms with Crippen LogP contribution in [0, 0.1) is 11.7 Å². The fraction of sp³-hybridized carbons (Fsp3) is 0.500. The molecule has 3 N–H and O–H groups in total. The number of phenols is 1. The number of amides is 1. The van der Waals surface area contributed by atoms with Crippen molar-refractivity contribution in [2.45, 2.75) is 26.8 Å². The van der Waals surface area contributed by atoms with Gasteiger partial charge in [-0.05, 0) is 12.0 Å². The molecule has 0 radical (unpaired) electrons. The van der Waals surface area contributed by atoms with Crippen LogP contribution in [-0.2, 0) is 11.3 Å². The predicted molar refractivity (Wildman–Crippen MR) is 72.2 cm³/mol. The van der Waals surface area contributed by atoms with Crippen molar-refractivity contribution in [2.24, 2.45) is 5.92 Å². The summed E-state index contributed by atoms with van der Waals surface area (Å²) < 4.78 is 13.1. The number of para-hydroxylation sites is 1. The van der Waals surface area contributed by atoms with Crippen molar-refractivity contribution in [2.75, 3.05) is 13.1 Å². The minimum Gasteiger partial charge on any atom is -0.505 e. The molecule has 0 aliphatic carbocycles. The number of hydrogen-bond acceptors (Lipinski definition) is 3. The van der Waals surface area contributed by atoms with Crippen molar-refractivity contribution >= 4 is 5.91 Å². The molecule has 0 aliphatic heterocycles. The summed E-state index contributed by atoms with van der Waals surface area (Å²) in [4.78, 5) is 11.4. The van der Waals surface area contributed by atoms with E-state index in [1.165, 1.54) is 6.07 Å². The van der Waals surface area contributed by atoms with Crippen LogP contribution in [0.2, 0.25) is 0 Å². The molecule has 0 saturated carbocycles. The first-order chi connectivity index (χ1) is 9.00. The maximum atomic E-state index is 13.1. The van der Waals surface area contributed by atoms with E-state index in [0.717, 1.165) is 0 Å². The lowest BCUT2D eigenvalue weighted by Crippen LogP contribution is -2.30. The van der Waals surface area contributed by atoms with Gasteiger partial charge in [0.25, 0.3) is 0 Å². The largest absolute Gasteiger partial charge is 0.505 e. The highest BCUT2D eigenvalue weighted by atomic mass is 19.1. The first-order valence-electron chi connectivity index (χ1n) is 6.44. The third-order valence-corrected chi connectivity index (χ3v) is 2.62. The van der Waals surface area contributed by atoms with E-state index < -0.39 is 5.82 Å². The number of aromatic hydroxyl groups is 1. The number of rotatable bonds is 7. The van der Waals surface area contributed by atoms with Crippen molar-refractivity contribution < 1.29 is 14.3 Å². The van der Waals surface area contributed by atoms with E-state index in [1.54, 1.807) is 12.1 Å². The Morgan fingerprint density at radius 3 is 2.84 bits per heavy atom. The molecular weight excluding hydrogens is 247 g/mol. The molecule has 106 valence electrons. The summed E-state index contributed by atoms with van der Waals surface area (Å²) in [6.45, 7) is 5.56. The van der Waals surface area contributed by atoms with Gasteiger partial charge in [-0.25, -0.2) is 4.39 Å². The lowest BCUT2D eigenvalue weighted by atomic mass is 10.2. The Morgan fingerprint density at radius 1 is 1.42 bits per heavy atom.